The lowest BCUT2D eigenvalue weighted by atomic mass is 10.1. The second kappa shape index (κ2) is 5.38. The Morgan fingerprint density at radius 3 is 2.67 bits per heavy atom. The van der Waals surface area contributed by atoms with Crippen molar-refractivity contribution < 1.29 is 23.9 Å². The molecule has 0 aromatic heterocycles. The number of ether oxygens (including phenoxy) is 2. The van der Waals surface area contributed by atoms with Crippen molar-refractivity contribution in [3.63, 3.8) is 0 Å². The van der Waals surface area contributed by atoms with E-state index in [0.717, 1.165) is 0 Å². The van der Waals surface area contributed by atoms with Gasteiger partial charge in [-0.15, -0.1) is 0 Å². The first kappa shape index (κ1) is 14.3. The number of carbonyl (C=O) groups is 3. The van der Waals surface area contributed by atoms with Crippen LogP contribution in [0.3, 0.4) is 0 Å². The summed E-state index contributed by atoms with van der Waals surface area (Å²) < 4.78 is 11.1. The Morgan fingerprint density at radius 2 is 1.83 bits per heavy atom. The number of fused-ring (bicyclic) bond motifs is 2. The van der Waals surface area contributed by atoms with Crippen LogP contribution in [0.4, 0.5) is 5.69 Å². The van der Waals surface area contributed by atoms with Crippen LogP contribution in [0.1, 0.15) is 20.7 Å². The van der Waals surface area contributed by atoms with E-state index in [4.69, 9.17) is 9.47 Å². The van der Waals surface area contributed by atoms with Crippen LogP contribution >= 0.6 is 0 Å². The van der Waals surface area contributed by atoms with Gasteiger partial charge >= 0.3 is 0 Å². The Kier molecular flexibility index (Phi) is 3.19. The number of rotatable bonds is 2. The molecule has 0 unspecified atom stereocenters. The topological polar surface area (TPSA) is 93.7 Å². The zero-order chi connectivity index (χ0) is 16.7. The summed E-state index contributed by atoms with van der Waals surface area (Å²) >= 11 is 0. The number of anilines is 1. The number of amides is 3. The lowest BCUT2D eigenvalue weighted by Crippen LogP contribution is -2.40. The fourth-order valence-corrected chi connectivity index (χ4v) is 2.69. The maximum absolute atomic E-state index is 12.4. The average molecular weight is 324 g/mol. The average Bonchev–Trinajstić information content (AvgIpc) is 2.89. The van der Waals surface area contributed by atoms with Gasteiger partial charge < -0.3 is 14.8 Å². The first-order chi connectivity index (χ1) is 11.6. The van der Waals surface area contributed by atoms with Gasteiger partial charge in [0.25, 0.3) is 17.7 Å². The molecule has 0 saturated heterocycles. The fraction of sp³-hybridized carbons (Fsp3) is 0.118. The van der Waals surface area contributed by atoms with Crippen LogP contribution < -0.4 is 20.1 Å². The first-order valence-electron chi connectivity index (χ1n) is 7.31. The summed E-state index contributed by atoms with van der Waals surface area (Å²) in [7, 11) is 0. The van der Waals surface area contributed by atoms with E-state index in [-0.39, 0.29) is 23.4 Å². The number of carbonyl (C=O) groups excluding carboxylic acids is 3. The molecule has 0 spiro atoms. The lowest BCUT2D eigenvalue weighted by molar-refractivity contribution is -0.125. The van der Waals surface area contributed by atoms with E-state index in [1.54, 1.807) is 30.3 Å². The summed E-state index contributed by atoms with van der Waals surface area (Å²) in [5.74, 6) is -0.401. The van der Waals surface area contributed by atoms with Gasteiger partial charge in [0.15, 0.2) is 11.5 Å². The third kappa shape index (κ3) is 2.26. The van der Waals surface area contributed by atoms with Crippen LogP contribution in [0.25, 0.3) is 0 Å². The van der Waals surface area contributed by atoms with Crippen LogP contribution in [0.15, 0.2) is 42.5 Å². The molecule has 0 bridgehead atoms. The van der Waals surface area contributed by atoms with Crippen LogP contribution in [-0.2, 0) is 4.79 Å². The predicted octanol–water partition coefficient (Wildman–Crippen LogP) is 1.35. The molecule has 2 aromatic rings. The molecule has 2 aliphatic heterocycles. The van der Waals surface area contributed by atoms with Gasteiger partial charge in [0.2, 0.25) is 6.10 Å². The zero-order valence-electron chi connectivity index (χ0n) is 12.4. The fourth-order valence-electron chi connectivity index (χ4n) is 2.69. The van der Waals surface area contributed by atoms with Gasteiger partial charge in [-0.25, -0.2) is 0 Å². The largest absolute Gasteiger partial charge is 0.485 e. The minimum Gasteiger partial charge on any atom is -0.485 e. The second-order valence-corrected chi connectivity index (χ2v) is 5.36. The Balaban J connectivity index is 1.56. The third-order valence-corrected chi connectivity index (χ3v) is 3.82. The smallest absolute Gasteiger partial charge is 0.269 e. The molecule has 120 valence electrons. The minimum absolute atomic E-state index is 0.0585. The van der Waals surface area contributed by atoms with Gasteiger partial charge in [-0.3, -0.25) is 19.7 Å². The minimum atomic E-state index is -0.851. The van der Waals surface area contributed by atoms with Crippen LogP contribution in [0.2, 0.25) is 0 Å². The summed E-state index contributed by atoms with van der Waals surface area (Å²) in [6.45, 7) is 0.0585. The van der Waals surface area contributed by atoms with Crippen molar-refractivity contribution in [1.82, 2.24) is 5.32 Å². The summed E-state index contributed by atoms with van der Waals surface area (Å²) in [5, 5.41) is 4.84. The Hall–Kier alpha value is -3.35. The van der Waals surface area contributed by atoms with E-state index >= 15 is 0 Å². The summed E-state index contributed by atoms with van der Waals surface area (Å²) in [5.41, 5.74) is 0.667. The van der Waals surface area contributed by atoms with Crippen LogP contribution in [0.5, 0.6) is 11.5 Å². The molecular formula is C17H12N2O5. The van der Waals surface area contributed by atoms with E-state index in [9.17, 15) is 14.4 Å². The molecule has 0 aliphatic carbocycles. The SMILES string of the molecule is O=C1NC(=O)c2c(NC(=O)[C@@H]3COc4ccccc4O3)cccc21. The van der Waals surface area contributed by atoms with Crippen molar-refractivity contribution in [2.45, 2.75) is 6.10 Å². The number of hydrogen-bond acceptors (Lipinski definition) is 5. The number of benzene rings is 2. The molecule has 2 heterocycles. The van der Waals surface area contributed by atoms with Crippen molar-refractivity contribution in [3.05, 3.63) is 53.6 Å². The van der Waals surface area contributed by atoms with Crippen molar-refractivity contribution >= 4 is 23.4 Å². The Bertz CT molecular complexity index is 877. The molecule has 7 nitrogen and oxygen atoms in total. The molecule has 0 fully saturated rings. The van der Waals surface area contributed by atoms with Gasteiger partial charge in [-0.05, 0) is 24.3 Å². The molecule has 2 aromatic carbocycles. The highest BCUT2D eigenvalue weighted by Crippen LogP contribution is 2.31. The van der Waals surface area contributed by atoms with Crippen LogP contribution in [-0.4, -0.2) is 30.4 Å². The number of nitrogens with one attached hydrogen (secondary N) is 2. The first-order valence-corrected chi connectivity index (χ1v) is 7.31. The number of imide groups is 1. The highest BCUT2D eigenvalue weighted by Gasteiger charge is 2.32. The summed E-state index contributed by atoms with van der Waals surface area (Å²) in [6, 6.07) is 11.7. The maximum atomic E-state index is 12.4. The van der Waals surface area contributed by atoms with Crippen molar-refractivity contribution in [3.8, 4) is 11.5 Å². The van der Waals surface area contributed by atoms with E-state index in [1.165, 1.54) is 6.07 Å². The van der Waals surface area contributed by atoms with Gasteiger partial charge in [-0.1, -0.05) is 18.2 Å². The molecule has 0 radical (unpaired) electrons. The predicted molar refractivity (Wildman–Crippen MR) is 83.2 cm³/mol. The quantitative estimate of drug-likeness (QED) is 0.813. The van der Waals surface area contributed by atoms with E-state index in [2.05, 4.69) is 10.6 Å². The highest BCUT2D eigenvalue weighted by atomic mass is 16.6. The van der Waals surface area contributed by atoms with Gasteiger partial charge in [0.05, 0.1) is 16.8 Å². The van der Waals surface area contributed by atoms with Gasteiger partial charge in [0, 0.05) is 0 Å². The second-order valence-electron chi connectivity index (χ2n) is 5.36. The van der Waals surface area contributed by atoms with Crippen molar-refractivity contribution in [1.29, 1.82) is 0 Å². The van der Waals surface area contributed by atoms with E-state index in [0.29, 0.717) is 11.5 Å². The van der Waals surface area contributed by atoms with E-state index in [1.807, 2.05) is 6.07 Å². The summed E-state index contributed by atoms with van der Waals surface area (Å²) in [4.78, 5) is 36.0. The van der Waals surface area contributed by atoms with Gasteiger partial charge in [-0.2, -0.15) is 0 Å². The third-order valence-electron chi connectivity index (χ3n) is 3.82. The maximum Gasteiger partial charge on any atom is 0.269 e. The van der Waals surface area contributed by atoms with Gasteiger partial charge in [0.1, 0.15) is 6.61 Å². The van der Waals surface area contributed by atoms with Crippen LogP contribution in [0, 0.1) is 0 Å². The van der Waals surface area contributed by atoms with Crippen molar-refractivity contribution in [2.24, 2.45) is 0 Å². The monoisotopic (exact) mass is 324 g/mol. The zero-order valence-corrected chi connectivity index (χ0v) is 12.4. The molecule has 4 rings (SSSR count). The molecular weight excluding hydrogens is 312 g/mol. The highest BCUT2D eigenvalue weighted by molar-refractivity contribution is 6.24. The molecule has 24 heavy (non-hydrogen) atoms. The Labute approximate surface area is 136 Å². The lowest BCUT2D eigenvalue weighted by Gasteiger charge is -2.25. The molecule has 7 heteroatoms. The van der Waals surface area contributed by atoms with Crippen molar-refractivity contribution in [2.75, 3.05) is 11.9 Å². The Morgan fingerprint density at radius 1 is 1.04 bits per heavy atom. The molecule has 1 atom stereocenters. The molecule has 2 N–H and O–H groups in total. The number of hydrogen-bond donors (Lipinski definition) is 2. The van der Waals surface area contributed by atoms with E-state index < -0.39 is 23.8 Å². The molecule has 0 saturated carbocycles. The molecule has 3 amide bonds. The standard InChI is InChI=1S/C17H12N2O5/c20-15-9-4-3-5-10(14(9)17(22)19-15)18-16(21)13-8-23-11-6-1-2-7-12(11)24-13/h1-7,13H,8H2,(H,18,21)(H,19,20,22)/t13-/m0/s1. The number of para-hydroxylation sites is 2. The molecule has 2 aliphatic rings. The normalized spacial score (nSPS) is 17.9. The summed E-state index contributed by atoms with van der Waals surface area (Å²) in [6.07, 6.45) is -0.851.